The molecule has 0 spiro atoms. The Bertz CT molecular complexity index is 1060. The van der Waals surface area contributed by atoms with Gasteiger partial charge in [-0.05, 0) is 74.6 Å². The molecule has 1 fully saturated rings. The molecule has 4 rings (SSSR count). The van der Waals surface area contributed by atoms with Gasteiger partial charge in [0, 0.05) is 29.8 Å². The number of aromatic carboxylic acids is 1. The minimum absolute atomic E-state index is 0.0968. The lowest BCUT2D eigenvalue weighted by atomic mass is 10.1. The van der Waals surface area contributed by atoms with Crippen molar-refractivity contribution in [3.63, 3.8) is 0 Å². The van der Waals surface area contributed by atoms with Crippen LogP contribution in [0.5, 0.6) is 11.5 Å². The Morgan fingerprint density at radius 3 is 2.53 bits per heavy atom. The normalized spacial score (nSPS) is 14.7. The van der Waals surface area contributed by atoms with E-state index < -0.39 is 5.97 Å². The van der Waals surface area contributed by atoms with Crippen molar-refractivity contribution >= 4 is 17.3 Å². The van der Waals surface area contributed by atoms with Crippen molar-refractivity contribution in [1.82, 2.24) is 4.98 Å². The number of benzene rings is 2. The fourth-order valence-corrected chi connectivity index (χ4v) is 4.25. The van der Waals surface area contributed by atoms with E-state index in [2.05, 4.69) is 16.8 Å². The van der Waals surface area contributed by atoms with Crippen LogP contribution in [0.15, 0.2) is 67.0 Å². The SMILES string of the molecule is COc1ccc(N(c2cccc(C(=O)O)c2)C(C)c2cccnc2)cc1OC1CCCC1. The highest BCUT2D eigenvalue weighted by Gasteiger charge is 2.23. The fourth-order valence-electron chi connectivity index (χ4n) is 4.25. The van der Waals surface area contributed by atoms with Gasteiger partial charge in [-0.1, -0.05) is 12.1 Å². The Kier molecular flexibility index (Phi) is 6.59. The highest BCUT2D eigenvalue weighted by Crippen LogP contribution is 2.40. The molecule has 0 aliphatic heterocycles. The molecular formula is C26H28N2O4. The number of carbonyl (C=O) groups is 1. The summed E-state index contributed by atoms with van der Waals surface area (Å²) in [5.41, 5.74) is 2.92. The van der Waals surface area contributed by atoms with Gasteiger partial charge in [0.1, 0.15) is 0 Å². The highest BCUT2D eigenvalue weighted by molar-refractivity contribution is 5.89. The first-order valence-corrected chi connectivity index (χ1v) is 10.9. The van der Waals surface area contributed by atoms with E-state index in [1.54, 1.807) is 31.5 Å². The molecule has 1 saturated carbocycles. The third-order valence-electron chi connectivity index (χ3n) is 5.95. The summed E-state index contributed by atoms with van der Waals surface area (Å²) in [6.45, 7) is 2.08. The summed E-state index contributed by atoms with van der Waals surface area (Å²) in [5, 5.41) is 9.52. The zero-order valence-electron chi connectivity index (χ0n) is 18.4. The maximum absolute atomic E-state index is 11.6. The predicted octanol–water partition coefficient (Wildman–Crippen LogP) is 6.01. The van der Waals surface area contributed by atoms with E-state index in [-0.39, 0.29) is 17.7 Å². The van der Waals surface area contributed by atoms with E-state index in [1.165, 1.54) is 12.8 Å². The van der Waals surface area contributed by atoms with Gasteiger partial charge in [0.15, 0.2) is 11.5 Å². The first-order valence-electron chi connectivity index (χ1n) is 10.9. The van der Waals surface area contributed by atoms with Gasteiger partial charge < -0.3 is 19.5 Å². The molecule has 6 nitrogen and oxygen atoms in total. The second-order valence-corrected chi connectivity index (χ2v) is 8.05. The van der Waals surface area contributed by atoms with Gasteiger partial charge in [0.05, 0.1) is 24.8 Å². The standard InChI is InChI=1S/C26H28N2O4/c1-18(20-8-6-14-27-17-20)28(21-9-5-7-19(15-21)26(29)30)22-12-13-24(31-2)25(16-22)32-23-10-3-4-11-23/h5-9,12-18,23H,3-4,10-11H2,1-2H3,(H,29,30). The number of pyridine rings is 1. The molecule has 0 saturated heterocycles. The molecule has 0 radical (unpaired) electrons. The molecule has 1 heterocycles. The molecule has 1 aromatic heterocycles. The Hall–Kier alpha value is -3.54. The monoisotopic (exact) mass is 432 g/mol. The molecule has 1 aliphatic carbocycles. The maximum atomic E-state index is 11.6. The summed E-state index contributed by atoms with van der Waals surface area (Å²) in [6, 6.07) is 16.7. The van der Waals surface area contributed by atoms with Gasteiger partial charge in [0.25, 0.3) is 0 Å². The summed E-state index contributed by atoms with van der Waals surface area (Å²) in [7, 11) is 1.64. The number of methoxy groups -OCH3 is 1. The number of nitrogens with zero attached hydrogens (tertiary/aromatic N) is 2. The van der Waals surface area contributed by atoms with Gasteiger partial charge in [-0.2, -0.15) is 0 Å². The van der Waals surface area contributed by atoms with Crippen molar-refractivity contribution in [1.29, 1.82) is 0 Å². The Morgan fingerprint density at radius 2 is 1.84 bits per heavy atom. The van der Waals surface area contributed by atoms with Gasteiger partial charge in [-0.25, -0.2) is 4.79 Å². The van der Waals surface area contributed by atoms with Crippen molar-refractivity contribution in [2.75, 3.05) is 12.0 Å². The van der Waals surface area contributed by atoms with Crippen molar-refractivity contribution in [3.05, 3.63) is 78.1 Å². The third-order valence-corrected chi connectivity index (χ3v) is 5.95. The van der Waals surface area contributed by atoms with E-state index >= 15 is 0 Å². The number of aromatic nitrogens is 1. The van der Waals surface area contributed by atoms with Crippen LogP contribution in [0.4, 0.5) is 11.4 Å². The van der Waals surface area contributed by atoms with Gasteiger partial charge in [-0.15, -0.1) is 0 Å². The van der Waals surface area contributed by atoms with Crippen LogP contribution in [0.25, 0.3) is 0 Å². The van der Waals surface area contributed by atoms with Gasteiger partial charge in [0.2, 0.25) is 0 Å². The minimum Gasteiger partial charge on any atom is -0.493 e. The van der Waals surface area contributed by atoms with E-state index in [0.717, 1.165) is 29.8 Å². The number of carboxylic acids is 1. The summed E-state index contributed by atoms with van der Waals surface area (Å²) in [6.07, 6.45) is 8.22. The van der Waals surface area contributed by atoms with Crippen molar-refractivity contribution in [2.45, 2.75) is 44.8 Å². The van der Waals surface area contributed by atoms with Crippen LogP contribution >= 0.6 is 0 Å². The molecule has 0 bridgehead atoms. The topological polar surface area (TPSA) is 71.9 Å². The van der Waals surface area contributed by atoms with Crippen LogP contribution < -0.4 is 14.4 Å². The molecule has 2 aromatic carbocycles. The van der Waals surface area contributed by atoms with E-state index in [4.69, 9.17) is 9.47 Å². The number of anilines is 2. The summed E-state index contributed by atoms with van der Waals surface area (Å²) in [5.74, 6) is 0.435. The van der Waals surface area contributed by atoms with Crippen LogP contribution in [0.3, 0.4) is 0 Å². The summed E-state index contributed by atoms with van der Waals surface area (Å²) >= 11 is 0. The lowest BCUT2D eigenvalue weighted by Crippen LogP contribution is -2.22. The fraction of sp³-hybridized carbons (Fsp3) is 0.308. The van der Waals surface area contributed by atoms with Crippen molar-refractivity contribution < 1.29 is 19.4 Å². The predicted molar refractivity (Wildman–Crippen MR) is 124 cm³/mol. The molecule has 32 heavy (non-hydrogen) atoms. The molecule has 1 unspecified atom stereocenters. The van der Waals surface area contributed by atoms with Crippen LogP contribution in [0.2, 0.25) is 0 Å². The number of rotatable bonds is 8. The number of carboxylic acid groups (broad SMARTS) is 1. The lowest BCUT2D eigenvalue weighted by molar-refractivity contribution is 0.0697. The molecular weight excluding hydrogens is 404 g/mol. The van der Waals surface area contributed by atoms with E-state index in [0.29, 0.717) is 11.5 Å². The maximum Gasteiger partial charge on any atom is 0.335 e. The third kappa shape index (κ3) is 4.69. The zero-order chi connectivity index (χ0) is 22.5. The molecule has 3 aromatic rings. The average molecular weight is 433 g/mol. The smallest absolute Gasteiger partial charge is 0.335 e. The van der Waals surface area contributed by atoms with Crippen molar-refractivity contribution in [3.8, 4) is 11.5 Å². The van der Waals surface area contributed by atoms with Crippen LogP contribution in [-0.4, -0.2) is 29.3 Å². The van der Waals surface area contributed by atoms with E-state index in [9.17, 15) is 9.90 Å². The summed E-state index contributed by atoms with van der Waals surface area (Å²) in [4.78, 5) is 18.0. The number of ether oxygens (including phenoxy) is 2. The van der Waals surface area contributed by atoms with Gasteiger partial charge in [-0.3, -0.25) is 4.98 Å². The molecule has 166 valence electrons. The zero-order valence-corrected chi connectivity index (χ0v) is 18.4. The minimum atomic E-state index is -0.958. The number of hydrogen-bond donors (Lipinski definition) is 1. The first-order chi connectivity index (χ1) is 15.6. The van der Waals surface area contributed by atoms with E-state index in [1.807, 2.05) is 42.6 Å². The van der Waals surface area contributed by atoms with Crippen LogP contribution in [-0.2, 0) is 0 Å². The molecule has 1 N–H and O–H groups in total. The Labute approximate surface area is 188 Å². The molecule has 1 aliphatic rings. The van der Waals surface area contributed by atoms with Crippen molar-refractivity contribution in [2.24, 2.45) is 0 Å². The highest BCUT2D eigenvalue weighted by atomic mass is 16.5. The molecule has 6 heteroatoms. The Morgan fingerprint density at radius 1 is 1.06 bits per heavy atom. The first kappa shape index (κ1) is 21.7. The second-order valence-electron chi connectivity index (χ2n) is 8.05. The number of hydrogen-bond acceptors (Lipinski definition) is 5. The summed E-state index contributed by atoms with van der Waals surface area (Å²) < 4.78 is 11.9. The van der Waals surface area contributed by atoms with Crippen LogP contribution in [0, 0.1) is 0 Å². The molecule has 1 atom stereocenters. The Balaban J connectivity index is 1.79. The molecule has 0 amide bonds. The van der Waals surface area contributed by atoms with Gasteiger partial charge >= 0.3 is 5.97 Å². The second kappa shape index (κ2) is 9.73. The quantitative estimate of drug-likeness (QED) is 0.470. The lowest BCUT2D eigenvalue weighted by Gasteiger charge is -2.32. The average Bonchev–Trinajstić information content (AvgIpc) is 3.33. The largest absolute Gasteiger partial charge is 0.493 e. The van der Waals surface area contributed by atoms with Crippen LogP contribution in [0.1, 0.15) is 54.6 Å².